The molecule has 46 heavy (non-hydrogen) atoms. The number of rotatable bonds is 12. The van der Waals surface area contributed by atoms with E-state index in [-0.39, 0.29) is 23.9 Å². The van der Waals surface area contributed by atoms with Gasteiger partial charge >= 0.3 is 5.97 Å². The summed E-state index contributed by atoms with van der Waals surface area (Å²) in [7, 11) is 0. The Bertz CT molecular complexity index is 1820. The Morgan fingerprint density at radius 3 is 2.70 bits per heavy atom. The van der Waals surface area contributed by atoms with E-state index in [1.54, 1.807) is 13.0 Å². The molecule has 0 unspecified atom stereocenters. The number of aromatic nitrogens is 3. The van der Waals surface area contributed by atoms with Crippen molar-refractivity contribution in [3.63, 3.8) is 0 Å². The zero-order chi connectivity index (χ0) is 32.3. The maximum absolute atomic E-state index is 14.1. The number of ether oxygens (including phenoxy) is 2. The van der Waals surface area contributed by atoms with E-state index >= 15 is 0 Å². The minimum Gasteiger partial charge on any atom is -0.484 e. The molecule has 1 aliphatic carbocycles. The molecule has 2 aromatic carbocycles. The Hall–Kier alpha value is -4.46. The fraction of sp³-hybridized carbons (Fsp3) is 0.371. The average molecular weight is 644 g/mol. The van der Waals surface area contributed by atoms with Crippen LogP contribution in [0.2, 0.25) is 5.02 Å². The van der Waals surface area contributed by atoms with Gasteiger partial charge in [0.2, 0.25) is 5.88 Å². The number of likely N-dealkylation sites (tertiary alicyclic amines) is 1. The first-order chi connectivity index (χ1) is 22.2. The first-order valence-corrected chi connectivity index (χ1v) is 15.8. The molecule has 2 aromatic heterocycles. The fourth-order valence-corrected chi connectivity index (χ4v) is 6.12. The van der Waals surface area contributed by atoms with Gasteiger partial charge in [-0.05, 0) is 80.1 Å². The van der Waals surface area contributed by atoms with Crippen LogP contribution in [-0.4, -0.2) is 49.7 Å². The van der Waals surface area contributed by atoms with Gasteiger partial charge < -0.3 is 19.1 Å². The number of allylic oxidation sites excluding steroid dienone is 1. The summed E-state index contributed by atoms with van der Waals surface area (Å²) in [6.45, 7) is 4.91. The average Bonchev–Trinajstić information content (AvgIpc) is 3.71. The Balaban J connectivity index is 1.11. The second kappa shape index (κ2) is 13.5. The smallest absolute Gasteiger partial charge is 0.328 e. The summed E-state index contributed by atoms with van der Waals surface area (Å²) in [6.07, 6.45) is 5.39. The molecule has 3 heterocycles. The molecule has 0 bridgehead atoms. The van der Waals surface area contributed by atoms with Gasteiger partial charge in [-0.1, -0.05) is 23.7 Å². The van der Waals surface area contributed by atoms with Crippen LogP contribution in [0.4, 0.5) is 4.39 Å². The van der Waals surface area contributed by atoms with Crippen LogP contribution in [0, 0.1) is 22.6 Å². The topological polar surface area (TPSA) is 114 Å². The predicted molar refractivity (Wildman–Crippen MR) is 172 cm³/mol. The Morgan fingerprint density at radius 2 is 1.98 bits per heavy atom. The van der Waals surface area contributed by atoms with Gasteiger partial charge in [-0.3, -0.25) is 4.90 Å². The maximum atomic E-state index is 14.1. The lowest BCUT2D eigenvalue weighted by Gasteiger charge is -2.32. The van der Waals surface area contributed by atoms with Crippen molar-refractivity contribution in [1.82, 2.24) is 19.4 Å². The van der Waals surface area contributed by atoms with E-state index in [1.165, 1.54) is 18.2 Å². The van der Waals surface area contributed by atoms with E-state index in [0.717, 1.165) is 61.2 Å². The van der Waals surface area contributed by atoms with Crippen LogP contribution < -0.4 is 9.47 Å². The largest absolute Gasteiger partial charge is 0.484 e. The number of carboxylic acids is 1. The van der Waals surface area contributed by atoms with Gasteiger partial charge in [0, 0.05) is 48.6 Å². The van der Waals surface area contributed by atoms with Crippen molar-refractivity contribution < 1.29 is 23.8 Å². The summed E-state index contributed by atoms with van der Waals surface area (Å²) >= 11 is 5.83. The lowest BCUT2D eigenvalue weighted by atomic mass is 10.0. The maximum Gasteiger partial charge on any atom is 0.328 e. The molecular weight excluding hydrogens is 609 g/mol. The van der Waals surface area contributed by atoms with E-state index in [2.05, 4.69) is 20.5 Å². The first kappa shape index (κ1) is 31.5. The highest BCUT2D eigenvalue weighted by Gasteiger charge is 2.43. The summed E-state index contributed by atoms with van der Waals surface area (Å²) < 4.78 is 28.2. The minimum atomic E-state index is -0.978. The first-order valence-electron chi connectivity index (χ1n) is 15.4. The standard InChI is InChI=1S/C35H35ClFN5O4/c1-23(17-34(43)44)24-5-7-29-30(18-24)42(22-35(11-12-35)13-14-38)32(40-29)20-41-15-9-27(10-16-41)46-33-4-2-3-26(39-33)21-45-31-8-6-25(36)19-28(31)37/h2-8,17-19,27H,9-13,15-16,20-22H2,1H3,(H,43,44)/b23-17+. The van der Waals surface area contributed by atoms with Crippen molar-refractivity contribution in [3.05, 3.63) is 88.6 Å². The molecule has 4 aromatic rings. The number of nitrogens with zero attached hydrogens (tertiary/aromatic N) is 5. The lowest BCUT2D eigenvalue weighted by molar-refractivity contribution is -0.131. The van der Waals surface area contributed by atoms with Crippen LogP contribution in [0.15, 0.2) is 60.7 Å². The van der Waals surface area contributed by atoms with Crippen LogP contribution in [0.5, 0.6) is 11.6 Å². The number of hydrogen-bond acceptors (Lipinski definition) is 7. The number of aliphatic carboxylic acids is 1. The van der Waals surface area contributed by atoms with E-state index in [4.69, 9.17) is 26.1 Å². The van der Waals surface area contributed by atoms with Crippen LogP contribution in [0.3, 0.4) is 0 Å². The van der Waals surface area contributed by atoms with Gasteiger partial charge in [0.05, 0.1) is 29.3 Å². The van der Waals surface area contributed by atoms with Gasteiger partial charge in [0.1, 0.15) is 18.5 Å². The number of imidazole rings is 1. The fourth-order valence-electron chi connectivity index (χ4n) is 5.96. The van der Waals surface area contributed by atoms with Gasteiger partial charge in [0.25, 0.3) is 0 Å². The Kier molecular flexibility index (Phi) is 9.24. The molecule has 238 valence electrons. The molecule has 9 nitrogen and oxygen atoms in total. The summed E-state index contributed by atoms with van der Waals surface area (Å²) in [5, 5.41) is 19.0. The Labute approximate surface area is 271 Å². The number of hydrogen-bond donors (Lipinski definition) is 1. The van der Waals surface area contributed by atoms with Gasteiger partial charge in [-0.15, -0.1) is 0 Å². The number of nitriles is 1. The number of carbonyl (C=O) groups is 1. The molecule has 11 heteroatoms. The van der Waals surface area contributed by atoms with Crippen LogP contribution in [0.25, 0.3) is 16.6 Å². The zero-order valence-corrected chi connectivity index (χ0v) is 26.3. The second-order valence-corrected chi connectivity index (χ2v) is 12.7. The third-order valence-electron chi connectivity index (χ3n) is 8.77. The van der Waals surface area contributed by atoms with Crippen molar-refractivity contribution in [3.8, 4) is 17.7 Å². The molecular formula is C35H35ClFN5O4. The normalized spacial score (nSPS) is 16.7. The minimum absolute atomic E-state index is 0.00404. The molecule has 0 spiro atoms. The summed E-state index contributed by atoms with van der Waals surface area (Å²) in [5.41, 5.74) is 3.93. The highest BCUT2D eigenvalue weighted by molar-refractivity contribution is 6.30. The molecule has 1 saturated heterocycles. The third kappa shape index (κ3) is 7.49. The van der Waals surface area contributed by atoms with Gasteiger partial charge in [-0.2, -0.15) is 5.26 Å². The Morgan fingerprint density at radius 1 is 1.17 bits per heavy atom. The molecule has 2 aliphatic rings. The SMILES string of the molecule is C/C(=C\C(=O)O)c1ccc2nc(CN3CCC(Oc4cccc(COc5ccc(Cl)cc5F)n4)CC3)n(CC3(CC#N)CC3)c2c1. The van der Waals surface area contributed by atoms with E-state index in [1.807, 2.05) is 36.4 Å². The van der Waals surface area contributed by atoms with E-state index < -0.39 is 11.8 Å². The number of halogens is 2. The van der Waals surface area contributed by atoms with E-state index in [9.17, 15) is 19.6 Å². The molecule has 1 N–H and O–H groups in total. The van der Waals surface area contributed by atoms with Crippen LogP contribution in [0.1, 0.15) is 56.1 Å². The van der Waals surface area contributed by atoms with Crippen molar-refractivity contribution in [1.29, 1.82) is 5.26 Å². The van der Waals surface area contributed by atoms with Gasteiger partial charge in [-0.25, -0.2) is 19.2 Å². The number of fused-ring (bicyclic) bond motifs is 1. The number of carboxylic acid groups (broad SMARTS) is 1. The highest BCUT2D eigenvalue weighted by atomic mass is 35.5. The predicted octanol–water partition coefficient (Wildman–Crippen LogP) is 7.03. The molecule has 2 fully saturated rings. The third-order valence-corrected chi connectivity index (χ3v) is 9.00. The molecule has 6 rings (SSSR count). The highest BCUT2D eigenvalue weighted by Crippen LogP contribution is 2.50. The number of pyridine rings is 1. The molecule has 0 atom stereocenters. The van der Waals surface area contributed by atoms with Crippen molar-refractivity contribution in [2.75, 3.05) is 13.1 Å². The quantitative estimate of drug-likeness (QED) is 0.164. The molecule has 1 aliphatic heterocycles. The van der Waals surface area contributed by atoms with Gasteiger partial charge in [0.15, 0.2) is 11.6 Å². The van der Waals surface area contributed by atoms with Crippen molar-refractivity contribution in [2.45, 2.75) is 64.8 Å². The summed E-state index contributed by atoms with van der Waals surface area (Å²) in [6, 6.07) is 18.0. The van der Waals surface area contributed by atoms with Crippen molar-refractivity contribution in [2.24, 2.45) is 5.41 Å². The molecule has 0 radical (unpaired) electrons. The van der Waals surface area contributed by atoms with Crippen molar-refractivity contribution >= 4 is 34.2 Å². The molecule has 1 saturated carbocycles. The summed E-state index contributed by atoms with van der Waals surface area (Å²) in [4.78, 5) is 23.2. The van der Waals surface area contributed by atoms with Crippen LogP contribution in [-0.2, 0) is 24.5 Å². The lowest BCUT2D eigenvalue weighted by Crippen LogP contribution is -2.38. The molecule has 0 amide bonds. The zero-order valence-electron chi connectivity index (χ0n) is 25.6. The van der Waals surface area contributed by atoms with Crippen LogP contribution >= 0.6 is 11.6 Å². The summed E-state index contributed by atoms with van der Waals surface area (Å²) in [5.74, 6) is 0.0642. The number of piperidine rings is 1. The van der Waals surface area contributed by atoms with E-state index in [0.29, 0.717) is 41.7 Å². The second-order valence-electron chi connectivity index (χ2n) is 12.2. The monoisotopic (exact) mass is 643 g/mol. The number of benzene rings is 2.